The second kappa shape index (κ2) is 4.72. The minimum atomic E-state index is -0.793. The summed E-state index contributed by atoms with van der Waals surface area (Å²) < 4.78 is 0. The van der Waals surface area contributed by atoms with Crippen molar-refractivity contribution in [2.24, 2.45) is 11.3 Å². The number of aryl methyl sites for hydroxylation is 1. The number of aromatic amines is 1. The van der Waals surface area contributed by atoms with Gasteiger partial charge in [0.1, 0.15) is 0 Å². The summed E-state index contributed by atoms with van der Waals surface area (Å²) in [7, 11) is 0. The minimum Gasteiger partial charge on any atom is -0.481 e. The summed E-state index contributed by atoms with van der Waals surface area (Å²) in [6.07, 6.45) is 3.83. The second-order valence-electron chi connectivity index (χ2n) is 6.13. The molecule has 2 fully saturated rings. The van der Waals surface area contributed by atoms with E-state index in [0.29, 0.717) is 24.1 Å². The molecule has 0 unspecified atom stereocenters. The molecule has 0 radical (unpaired) electrons. The Morgan fingerprint density at radius 3 is 2.86 bits per heavy atom. The molecule has 0 spiro atoms. The third kappa shape index (κ3) is 2.05. The maximum absolute atomic E-state index is 12.6. The molecule has 112 valence electrons. The zero-order valence-corrected chi connectivity index (χ0v) is 11.9. The van der Waals surface area contributed by atoms with Crippen LogP contribution in [0.1, 0.15) is 35.2 Å². The van der Waals surface area contributed by atoms with Crippen molar-refractivity contribution in [3.8, 4) is 0 Å². The number of rotatable bonds is 2. The van der Waals surface area contributed by atoms with E-state index >= 15 is 0 Å². The number of nitrogens with zero attached hydrogens (tertiary/aromatic N) is 1. The van der Waals surface area contributed by atoms with Crippen LogP contribution in [0.25, 0.3) is 0 Å². The average Bonchev–Trinajstić information content (AvgIpc) is 2.95. The highest BCUT2D eigenvalue weighted by Gasteiger charge is 2.55. The number of H-pyrrole nitrogens is 1. The van der Waals surface area contributed by atoms with Crippen LogP contribution in [-0.2, 0) is 4.79 Å². The molecule has 6 nitrogen and oxygen atoms in total. The monoisotopic (exact) mass is 290 g/mol. The van der Waals surface area contributed by atoms with Crippen LogP contribution in [0.4, 0.5) is 0 Å². The molecule has 1 aliphatic heterocycles. The first-order valence-corrected chi connectivity index (χ1v) is 7.16. The van der Waals surface area contributed by atoms with Crippen LogP contribution in [-0.4, -0.2) is 40.0 Å². The van der Waals surface area contributed by atoms with Gasteiger partial charge in [-0.3, -0.25) is 14.4 Å². The van der Waals surface area contributed by atoms with Crippen LogP contribution in [0.3, 0.4) is 0 Å². The van der Waals surface area contributed by atoms with Crippen LogP contribution in [0.2, 0.25) is 0 Å². The van der Waals surface area contributed by atoms with Gasteiger partial charge in [-0.05, 0) is 31.2 Å². The number of carbonyl (C=O) groups excluding carboxylic acids is 1. The smallest absolute Gasteiger partial charge is 0.311 e. The number of pyridine rings is 1. The molecule has 1 saturated heterocycles. The van der Waals surface area contributed by atoms with E-state index in [1.165, 1.54) is 12.3 Å². The molecule has 2 atom stereocenters. The van der Waals surface area contributed by atoms with E-state index in [4.69, 9.17) is 0 Å². The molecule has 1 amide bonds. The van der Waals surface area contributed by atoms with Crippen LogP contribution >= 0.6 is 0 Å². The molecular weight excluding hydrogens is 272 g/mol. The Balaban J connectivity index is 1.88. The number of carbonyl (C=O) groups is 2. The number of nitrogens with one attached hydrogen (secondary N) is 1. The van der Waals surface area contributed by atoms with Gasteiger partial charge in [-0.2, -0.15) is 0 Å². The lowest BCUT2D eigenvalue weighted by Gasteiger charge is -2.23. The van der Waals surface area contributed by atoms with E-state index < -0.39 is 11.4 Å². The molecule has 6 heteroatoms. The van der Waals surface area contributed by atoms with Crippen molar-refractivity contribution >= 4 is 11.9 Å². The number of likely N-dealkylation sites (tertiary alicyclic amines) is 1. The first-order valence-electron chi connectivity index (χ1n) is 7.16. The molecule has 1 saturated carbocycles. The van der Waals surface area contributed by atoms with Crippen molar-refractivity contribution in [2.45, 2.75) is 26.2 Å². The van der Waals surface area contributed by atoms with Crippen LogP contribution in [0.15, 0.2) is 17.1 Å². The zero-order valence-electron chi connectivity index (χ0n) is 11.9. The number of fused-ring (bicyclic) bond motifs is 1. The largest absolute Gasteiger partial charge is 0.481 e. The summed E-state index contributed by atoms with van der Waals surface area (Å²) >= 11 is 0. The third-order valence-electron chi connectivity index (χ3n) is 4.95. The molecule has 0 aromatic carbocycles. The van der Waals surface area contributed by atoms with Gasteiger partial charge in [0.05, 0.1) is 11.0 Å². The molecular formula is C15H18N2O4. The molecule has 21 heavy (non-hydrogen) atoms. The van der Waals surface area contributed by atoms with Gasteiger partial charge in [0.25, 0.3) is 5.91 Å². The molecule has 1 aromatic heterocycles. The standard InChI is InChI=1S/C15H18N2O4/c1-9-5-12(18)16-6-11(9)13(19)17-7-10-3-2-4-15(10,8-17)14(20)21/h5-6,10H,2-4,7-8H2,1H3,(H,16,18)(H,20,21)/t10-,15+/m0/s1. The number of hydrogen-bond donors (Lipinski definition) is 2. The highest BCUT2D eigenvalue weighted by atomic mass is 16.4. The molecule has 0 bridgehead atoms. The summed E-state index contributed by atoms with van der Waals surface area (Å²) in [6.45, 7) is 2.47. The Morgan fingerprint density at radius 2 is 2.24 bits per heavy atom. The Hall–Kier alpha value is -2.11. The van der Waals surface area contributed by atoms with Gasteiger partial charge in [-0.15, -0.1) is 0 Å². The summed E-state index contributed by atoms with van der Waals surface area (Å²) in [6, 6.07) is 1.39. The Bertz CT molecular complexity index is 666. The number of hydrogen-bond acceptors (Lipinski definition) is 3. The van der Waals surface area contributed by atoms with Gasteiger partial charge in [0.15, 0.2) is 0 Å². The molecule has 2 N–H and O–H groups in total. The maximum Gasteiger partial charge on any atom is 0.311 e. The molecule has 1 aliphatic carbocycles. The van der Waals surface area contributed by atoms with Crippen LogP contribution < -0.4 is 5.56 Å². The quantitative estimate of drug-likeness (QED) is 0.850. The first-order chi connectivity index (χ1) is 9.94. The van der Waals surface area contributed by atoms with Crippen LogP contribution in [0.5, 0.6) is 0 Å². The van der Waals surface area contributed by atoms with E-state index in [0.717, 1.165) is 12.8 Å². The van der Waals surface area contributed by atoms with Gasteiger partial charge in [-0.25, -0.2) is 0 Å². The lowest BCUT2D eigenvalue weighted by molar-refractivity contribution is -0.149. The van der Waals surface area contributed by atoms with Crippen molar-refractivity contribution in [3.05, 3.63) is 33.7 Å². The average molecular weight is 290 g/mol. The third-order valence-corrected chi connectivity index (χ3v) is 4.95. The normalized spacial score (nSPS) is 27.7. The summed E-state index contributed by atoms with van der Waals surface area (Å²) in [5.41, 5.74) is 0.0378. The topological polar surface area (TPSA) is 90.5 Å². The summed E-state index contributed by atoms with van der Waals surface area (Å²) in [4.78, 5) is 39.6. The van der Waals surface area contributed by atoms with E-state index in [2.05, 4.69) is 4.98 Å². The molecule has 2 heterocycles. The lowest BCUT2D eigenvalue weighted by atomic mass is 9.81. The number of carboxylic acid groups (broad SMARTS) is 1. The lowest BCUT2D eigenvalue weighted by Crippen LogP contribution is -2.37. The fourth-order valence-electron chi connectivity index (χ4n) is 3.77. The summed E-state index contributed by atoms with van der Waals surface area (Å²) in [5.74, 6) is -0.945. The van der Waals surface area contributed by atoms with Gasteiger partial charge in [-0.1, -0.05) is 6.42 Å². The zero-order chi connectivity index (χ0) is 15.2. The van der Waals surface area contributed by atoms with Gasteiger partial charge in [0, 0.05) is 25.4 Å². The first kappa shape index (κ1) is 13.9. The Kier molecular flexibility index (Phi) is 3.11. The summed E-state index contributed by atoms with van der Waals surface area (Å²) in [5, 5.41) is 9.55. The van der Waals surface area contributed by atoms with Gasteiger partial charge in [0.2, 0.25) is 5.56 Å². The van der Waals surface area contributed by atoms with Gasteiger partial charge < -0.3 is 15.0 Å². The second-order valence-corrected chi connectivity index (χ2v) is 6.13. The number of aliphatic carboxylic acids is 1. The Morgan fingerprint density at radius 1 is 1.48 bits per heavy atom. The van der Waals surface area contributed by atoms with Crippen molar-refractivity contribution in [1.82, 2.24) is 9.88 Å². The number of carboxylic acids is 1. The van der Waals surface area contributed by atoms with Crippen molar-refractivity contribution < 1.29 is 14.7 Å². The van der Waals surface area contributed by atoms with Crippen molar-refractivity contribution in [3.63, 3.8) is 0 Å². The fourth-order valence-corrected chi connectivity index (χ4v) is 3.77. The highest BCUT2D eigenvalue weighted by Crippen LogP contribution is 2.49. The Labute approximate surface area is 121 Å². The number of aromatic nitrogens is 1. The predicted molar refractivity (Wildman–Crippen MR) is 75.1 cm³/mol. The van der Waals surface area contributed by atoms with Crippen molar-refractivity contribution in [2.75, 3.05) is 13.1 Å². The van der Waals surface area contributed by atoms with Crippen molar-refractivity contribution in [1.29, 1.82) is 0 Å². The predicted octanol–water partition coefficient (Wildman–Crippen LogP) is 1.01. The number of amides is 1. The van der Waals surface area contributed by atoms with E-state index in [1.807, 2.05) is 0 Å². The van der Waals surface area contributed by atoms with Crippen LogP contribution in [0, 0.1) is 18.3 Å². The molecule has 1 aromatic rings. The van der Waals surface area contributed by atoms with E-state index in [1.54, 1.807) is 11.8 Å². The molecule has 2 aliphatic rings. The maximum atomic E-state index is 12.6. The fraction of sp³-hybridized carbons (Fsp3) is 0.533. The van der Waals surface area contributed by atoms with E-state index in [-0.39, 0.29) is 23.9 Å². The van der Waals surface area contributed by atoms with E-state index in [9.17, 15) is 19.5 Å². The van der Waals surface area contributed by atoms with Gasteiger partial charge >= 0.3 is 5.97 Å². The minimum absolute atomic E-state index is 0.0435. The highest BCUT2D eigenvalue weighted by molar-refractivity contribution is 5.96. The molecule has 3 rings (SSSR count). The SMILES string of the molecule is Cc1cc(=O)[nH]cc1C(=O)N1C[C@@H]2CCC[C@@]2(C(=O)O)C1.